The quantitative estimate of drug-likeness (QED) is 0.193. The smallest absolute Gasteiger partial charge is 0.167 e. The van der Waals surface area contributed by atoms with E-state index in [0.29, 0.717) is 37.6 Å². The third kappa shape index (κ3) is 8.79. The lowest BCUT2D eigenvalue weighted by Gasteiger charge is -2.35. The fourth-order valence-corrected chi connectivity index (χ4v) is 4.77. The standard InChI is InChI=1S/C28H47ClN4O6/c1-5-9-13-35-17-20-23(36-14-10-6-2)25(38-16-12-8-4)24(37-15-11-7-3)22(34)28(39-20)33-19-32-21-26(29)30-18-31-27(21)33/h18-20,22-25,28,34H,5-17H2,1-4H3/t20-,22-,23-,24+,25+,28-/m1/s1. The molecule has 10 nitrogen and oxygen atoms in total. The lowest BCUT2D eigenvalue weighted by atomic mass is 9.99. The van der Waals surface area contributed by atoms with Crippen LogP contribution in [-0.4, -0.2) is 88.2 Å². The highest BCUT2D eigenvalue weighted by molar-refractivity contribution is 6.33. The lowest BCUT2D eigenvalue weighted by molar-refractivity contribution is -0.176. The van der Waals surface area contributed by atoms with Gasteiger partial charge >= 0.3 is 0 Å². The highest BCUT2D eigenvalue weighted by atomic mass is 35.5. The average Bonchev–Trinajstić information content (AvgIpc) is 3.33. The van der Waals surface area contributed by atoms with Crippen LogP contribution in [0.2, 0.25) is 5.15 Å². The van der Waals surface area contributed by atoms with Gasteiger partial charge in [0, 0.05) is 26.4 Å². The topological polar surface area (TPSA) is 110 Å². The number of hydrogen-bond donors (Lipinski definition) is 1. The summed E-state index contributed by atoms with van der Waals surface area (Å²) in [4.78, 5) is 12.8. The van der Waals surface area contributed by atoms with Crippen molar-refractivity contribution in [1.29, 1.82) is 0 Å². The van der Waals surface area contributed by atoms with Crippen LogP contribution < -0.4 is 0 Å². The summed E-state index contributed by atoms with van der Waals surface area (Å²) in [5, 5.41) is 12.1. The molecule has 0 unspecified atom stereocenters. The highest BCUT2D eigenvalue weighted by Crippen LogP contribution is 2.35. The molecular weight excluding hydrogens is 524 g/mol. The highest BCUT2D eigenvalue weighted by Gasteiger charge is 2.49. The third-order valence-electron chi connectivity index (χ3n) is 6.89. The molecule has 0 aromatic carbocycles. The van der Waals surface area contributed by atoms with Crippen molar-refractivity contribution in [2.75, 3.05) is 33.0 Å². The molecule has 1 saturated heterocycles. The van der Waals surface area contributed by atoms with Gasteiger partial charge in [-0.25, -0.2) is 15.0 Å². The second kappa shape index (κ2) is 17.4. The van der Waals surface area contributed by atoms with Gasteiger partial charge in [0.15, 0.2) is 17.0 Å². The first-order chi connectivity index (χ1) is 19.1. The Morgan fingerprint density at radius 3 is 2.05 bits per heavy atom. The number of imidazole rings is 1. The van der Waals surface area contributed by atoms with Crippen LogP contribution in [0.1, 0.15) is 85.3 Å². The second-order valence-corrected chi connectivity index (χ2v) is 10.4. The minimum Gasteiger partial charge on any atom is -0.386 e. The summed E-state index contributed by atoms with van der Waals surface area (Å²) in [6, 6.07) is 0. The van der Waals surface area contributed by atoms with Gasteiger partial charge in [-0.05, 0) is 25.7 Å². The molecule has 3 rings (SSSR count). The molecule has 222 valence electrons. The summed E-state index contributed by atoms with van der Waals surface area (Å²) in [5.41, 5.74) is 0.899. The van der Waals surface area contributed by atoms with Gasteiger partial charge in [0.2, 0.25) is 0 Å². The Hall–Kier alpha value is -1.40. The Morgan fingerprint density at radius 1 is 0.821 bits per heavy atom. The fraction of sp³-hybridized carbons (Fsp3) is 0.821. The third-order valence-corrected chi connectivity index (χ3v) is 7.17. The van der Waals surface area contributed by atoms with E-state index in [0.717, 1.165) is 51.4 Å². The van der Waals surface area contributed by atoms with Gasteiger partial charge in [0.25, 0.3) is 0 Å². The first-order valence-electron chi connectivity index (χ1n) is 14.7. The average molecular weight is 571 g/mol. The zero-order valence-electron chi connectivity index (χ0n) is 24.0. The van der Waals surface area contributed by atoms with Crippen molar-refractivity contribution in [3.8, 4) is 0 Å². The SMILES string of the molecule is CCCCOC[C@H]1O[C@@H](n2cnc3c(Cl)ncnc32)[C@H](O)[C@H](OCCCC)[C@@H](OCCCC)[C@@H]1OCCCC. The molecular formula is C28H47ClN4O6. The first-order valence-corrected chi connectivity index (χ1v) is 15.0. The Morgan fingerprint density at radius 2 is 1.41 bits per heavy atom. The van der Waals surface area contributed by atoms with E-state index >= 15 is 0 Å². The summed E-state index contributed by atoms with van der Waals surface area (Å²) in [6.45, 7) is 10.9. The molecule has 1 N–H and O–H groups in total. The van der Waals surface area contributed by atoms with Gasteiger partial charge in [-0.3, -0.25) is 4.57 Å². The predicted molar refractivity (Wildman–Crippen MR) is 150 cm³/mol. The number of unbranched alkanes of at least 4 members (excludes halogenated alkanes) is 4. The number of aliphatic hydroxyl groups is 1. The summed E-state index contributed by atoms with van der Waals surface area (Å²) in [6.07, 6.45) is 6.24. The zero-order chi connectivity index (χ0) is 28.0. The van der Waals surface area contributed by atoms with Gasteiger partial charge < -0.3 is 28.8 Å². The van der Waals surface area contributed by atoms with Crippen molar-refractivity contribution < 1.29 is 28.8 Å². The van der Waals surface area contributed by atoms with Crippen molar-refractivity contribution in [2.45, 2.75) is 116 Å². The Bertz CT molecular complexity index is 950. The monoisotopic (exact) mass is 570 g/mol. The molecule has 1 aliphatic heterocycles. The molecule has 39 heavy (non-hydrogen) atoms. The van der Waals surface area contributed by atoms with Crippen molar-refractivity contribution in [3.05, 3.63) is 17.8 Å². The van der Waals surface area contributed by atoms with Crippen LogP contribution in [-0.2, 0) is 23.7 Å². The number of nitrogens with zero attached hydrogens (tertiary/aromatic N) is 4. The minimum absolute atomic E-state index is 0.235. The van der Waals surface area contributed by atoms with Crippen molar-refractivity contribution in [3.63, 3.8) is 0 Å². The van der Waals surface area contributed by atoms with Crippen LogP contribution in [0.5, 0.6) is 0 Å². The summed E-state index contributed by atoms with van der Waals surface area (Å²) in [7, 11) is 0. The zero-order valence-corrected chi connectivity index (χ0v) is 24.7. The van der Waals surface area contributed by atoms with Crippen molar-refractivity contribution in [1.82, 2.24) is 19.5 Å². The summed E-state index contributed by atoms with van der Waals surface area (Å²) in [5.74, 6) is 0. The molecule has 1 aliphatic rings. The number of fused-ring (bicyclic) bond motifs is 1. The molecule has 0 amide bonds. The molecule has 0 spiro atoms. The number of aromatic nitrogens is 4. The molecule has 0 saturated carbocycles. The van der Waals surface area contributed by atoms with Crippen LogP contribution >= 0.6 is 11.6 Å². The normalized spacial score (nSPS) is 25.8. The summed E-state index contributed by atoms with van der Waals surface area (Å²) < 4.78 is 33.8. The van der Waals surface area contributed by atoms with E-state index in [9.17, 15) is 5.11 Å². The Kier molecular flexibility index (Phi) is 14.3. The molecule has 0 bridgehead atoms. The molecule has 11 heteroatoms. The van der Waals surface area contributed by atoms with E-state index in [1.165, 1.54) is 6.33 Å². The van der Waals surface area contributed by atoms with E-state index in [1.54, 1.807) is 10.9 Å². The number of ether oxygens (including phenoxy) is 5. The Labute approximate surface area is 237 Å². The molecule has 0 radical (unpaired) electrons. The minimum atomic E-state index is -1.10. The van der Waals surface area contributed by atoms with E-state index in [2.05, 4.69) is 42.6 Å². The van der Waals surface area contributed by atoms with Gasteiger partial charge in [-0.1, -0.05) is 65.0 Å². The lowest BCUT2D eigenvalue weighted by Crippen LogP contribution is -2.51. The van der Waals surface area contributed by atoms with Gasteiger partial charge in [0.1, 0.15) is 42.4 Å². The molecule has 2 aromatic rings. The van der Waals surface area contributed by atoms with Crippen LogP contribution in [0.4, 0.5) is 0 Å². The fourth-order valence-electron chi connectivity index (χ4n) is 4.59. The number of aliphatic hydroxyl groups excluding tert-OH is 1. The maximum absolute atomic E-state index is 11.9. The van der Waals surface area contributed by atoms with Crippen LogP contribution in [0.3, 0.4) is 0 Å². The molecule has 6 atom stereocenters. The van der Waals surface area contributed by atoms with Crippen LogP contribution in [0.15, 0.2) is 12.7 Å². The summed E-state index contributed by atoms with van der Waals surface area (Å²) >= 11 is 6.29. The van der Waals surface area contributed by atoms with Crippen molar-refractivity contribution >= 4 is 22.8 Å². The van der Waals surface area contributed by atoms with Gasteiger partial charge in [-0.2, -0.15) is 0 Å². The number of hydrogen-bond acceptors (Lipinski definition) is 9. The van der Waals surface area contributed by atoms with E-state index in [4.69, 9.17) is 35.3 Å². The molecule has 3 heterocycles. The maximum atomic E-state index is 11.9. The first kappa shape index (κ1) is 32.1. The van der Waals surface area contributed by atoms with Gasteiger partial charge in [0.05, 0.1) is 12.9 Å². The number of rotatable bonds is 18. The van der Waals surface area contributed by atoms with E-state index < -0.39 is 36.7 Å². The largest absolute Gasteiger partial charge is 0.386 e. The molecule has 2 aromatic heterocycles. The second-order valence-electron chi connectivity index (χ2n) is 10.0. The molecule has 0 aliphatic carbocycles. The number of halogens is 1. The maximum Gasteiger partial charge on any atom is 0.167 e. The van der Waals surface area contributed by atoms with Crippen LogP contribution in [0.25, 0.3) is 11.2 Å². The van der Waals surface area contributed by atoms with E-state index in [-0.39, 0.29) is 11.8 Å². The predicted octanol–water partition coefficient (Wildman–Crippen LogP) is 5.11. The molecule has 1 fully saturated rings. The van der Waals surface area contributed by atoms with Crippen molar-refractivity contribution in [2.24, 2.45) is 0 Å². The Balaban J connectivity index is 2.04. The van der Waals surface area contributed by atoms with E-state index in [1.807, 2.05) is 0 Å². The van der Waals surface area contributed by atoms with Gasteiger partial charge in [-0.15, -0.1) is 0 Å². The van der Waals surface area contributed by atoms with Crippen LogP contribution in [0, 0.1) is 0 Å².